The SMILES string of the molecule is Cc1cc(CNC(C)C)ccc1Oc1ccccc1I. The molecule has 0 saturated carbocycles. The molecule has 2 nitrogen and oxygen atoms in total. The second-order valence-corrected chi connectivity index (χ2v) is 6.33. The molecule has 0 aliphatic heterocycles. The zero-order chi connectivity index (χ0) is 14.5. The number of rotatable bonds is 5. The summed E-state index contributed by atoms with van der Waals surface area (Å²) in [6.07, 6.45) is 0. The van der Waals surface area contributed by atoms with E-state index in [0.717, 1.165) is 27.2 Å². The van der Waals surface area contributed by atoms with E-state index >= 15 is 0 Å². The van der Waals surface area contributed by atoms with Crippen LogP contribution in [0.5, 0.6) is 11.5 Å². The fourth-order valence-electron chi connectivity index (χ4n) is 1.90. The molecule has 0 aromatic heterocycles. The lowest BCUT2D eigenvalue weighted by Crippen LogP contribution is -2.21. The minimum Gasteiger partial charge on any atom is -0.456 e. The lowest BCUT2D eigenvalue weighted by Gasteiger charge is -2.13. The van der Waals surface area contributed by atoms with Gasteiger partial charge < -0.3 is 10.1 Å². The van der Waals surface area contributed by atoms with Gasteiger partial charge in [-0.15, -0.1) is 0 Å². The first-order valence-corrected chi connectivity index (χ1v) is 7.89. The Morgan fingerprint density at radius 2 is 1.85 bits per heavy atom. The average molecular weight is 381 g/mol. The molecule has 2 rings (SSSR count). The molecule has 0 atom stereocenters. The zero-order valence-electron chi connectivity index (χ0n) is 12.1. The van der Waals surface area contributed by atoms with E-state index in [1.165, 1.54) is 5.56 Å². The lowest BCUT2D eigenvalue weighted by atomic mass is 10.1. The molecule has 0 amide bonds. The van der Waals surface area contributed by atoms with Gasteiger partial charge in [-0.2, -0.15) is 0 Å². The molecule has 0 saturated heterocycles. The molecule has 3 heteroatoms. The third-order valence-corrected chi connectivity index (χ3v) is 3.90. The number of halogens is 1. The fraction of sp³-hybridized carbons (Fsp3) is 0.294. The van der Waals surface area contributed by atoms with Crippen LogP contribution in [0, 0.1) is 10.5 Å². The predicted molar refractivity (Wildman–Crippen MR) is 92.4 cm³/mol. The molecule has 0 aliphatic rings. The Morgan fingerprint density at radius 3 is 2.50 bits per heavy atom. The van der Waals surface area contributed by atoms with Gasteiger partial charge in [0.15, 0.2) is 0 Å². The average Bonchev–Trinajstić information content (AvgIpc) is 2.41. The first-order valence-electron chi connectivity index (χ1n) is 6.81. The number of benzene rings is 2. The van der Waals surface area contributed by atoms with E-state index < -0.39 is 0 Å². The maximum atomic E-state index is 5.99. The predicted octanol–water partition coefficient (Wildman–Crippen LogP) is 4.89. The molecule has 0 fully saturated rings. The Morgan fingerprint density at radius 1 is 1.10 bits per heavy atom. The van der Waals surface area contributed by atoms with Crippen LogP contribution in [-0.2, 0) is 6.54 Å². The molecular weight excluding hydrogens is 361 g/mol. The lowest BCUT2D eigenvalue weighted by molar-refractivity contribution is 0.475. The fourth-order valence-corrected chi connectivity index (χ4v) is 2.40. The normalized spacial score (nSPS) is 10.8. The number of hydrogen-bond donors (Lipinski definition) is 1. The Balaban J connectivity index is 2.12. The van der Waals surface area contributed by atoms with Crippen LogP contribution in [-0.4, -0.2) is 6.04 Å². The monoisotopic (exact) mass is 381 g/mol. The summed E-state index contributed by atoms with van der Waals surface area (Å²) in [5, 5.41) is 3.43. The molecule has 0 radical (unpaired) electrons. The summed E-state index contributed by atoms with van der Waals surface area (Å²) in [7, 11) is 0. The molecule has 0 bridgehead atoms. The van der Waals surface area contributed by atoms with Crippen molar-refractivity contribution in [3.8, 4) is 11.5 Å². The molecule has 0 heterocycles. The van der Waals surface area contributed by atoms with Gasteiger partial charge in [0.25, 0.3) is 0 Å². The first kappa shape index (κ1) is 15.3. The van der Waals surface area contributed by atoms with Crippen LogP contribution < -0.4 is 10.1 Å². The van der Waals surface area contributed by atoms with Crippen LogP contribution in [0.15, 0.2) is 42.5 Å². The van der Waals surface area contributed by atoms with E-state index in [4.69, 9.17) is 4.74 Å². The highest BCUT2D eigenvalue weighted by Gasteiger charge is 2.05. The maximum Gasteiger partial charge on any atom is 0.140 e. The summed E-state index contributed by atoms with van der Waals surface area (Å²) < 4.78 is 7.11. The van der Waals surface area contributed by atoms with Crippen molar-refractivity contribution in [1.29, 1.82) is 0 Å². The van der Waals surface area contributed by atoms with Gasteiger partial charge in [-0.05, 0) is 58.8 Å². The van der Waals surface area contributed by atoms with Gasteiger partial charge in [-0.25, -0.2) is 0 Å². The maximum absolute atomic E-state index is 5.99. The highest BCUT2D eigenvalue weighted by molar-refractivity contribution is 14.1. The Labute approximate surface area is 134 Å². The number of hydrogen-bond acceptors (Lipinski definition) is 2. The molecule has 0 aliphatic carbocycles. The van der Waals surface area contributed by atoms with Gasteiger partial charge in [-0.3, -0.25) is 0 Å². The molecular formula is C17H20INO. The summed E-state index contributed by atoms with van der Waals surface area (Å²) in [4.78, 5) is 0. The van der Waals surface area contributed by atoms with Crippen molar-refractivity contribution in [2.24, 2.45) is 0 Å². The van der Waals surface area contributed by atoms with Crippen LogP contribution in [0.25, 0.3) is 0 Å². The Kier molecular flexibility index (Phi) is 5.43. The second-order valence-electron chi connectivity index (χ2n) is 5.17. The van der Waals surface area contributed by atoms with Crippen molar-refractivity contribution in [2.75, 3.05) is 0 Å². The van der Waals surface area contributed by atoms with Gasteiger partial charge in [0.2, 0.25) is 0 Å². The highest BCUT2D eigenvalue weighted by Crippen LogP contribution is 2.29. The molecule has 2 aromatic rings. The van der Waals surface area contributed by atoms with Crippen molar-refractivity contribution in [3.63, 3.8) is 0 Å². The van der Waals surface area contributed by atoms with E-state index in [1.54, 1.807) is 0 Å². The van der Waals surface area contributed by atoms with Gasteiger partial charge in [-0.1, -0.05) is 38.1 Å². The summed E-state index contributed by atoms with van der Waals surface area (Å²) >= 11 is 2.29. The van der Waals surface area contributed by atoms with Gasteiger partial charge in [0.1, 0.15) is 11.5 Å². The second kappa shape index (κ2) is 7.09. The highest BCUT2D eigenvalue weighted by atomic mass is 127. The standard InChI is InChI=1S/C17H20INO/c1-12(2)19-11-14-8-9-16(13(3)10-14)20-17-7-5-4-6-15(17)18/h4-10,12,19H,11H2,1-3H3. The molecule has 0 unspecified atom stereocenters. The summed E-state index contributed by atoms with van der Waals surface area (Å²) in [5.41, 5.74) is 2.44. The van der Waals surface area contributed by atoms with Gasteiger partial charge >= 0.3 is 0 Å². The van der Waals surface area contributed by atoms with Crippen molar-refractivity contribution >= 4 is 22.6 Å². The third kappa shape index (κ3) is 4.21. The van der Waals surface area contributed by atoms with E-state index in [0.29, 0.717) is 6.04 Å². The largest absolute Gasteiger partial charge is 0.456 e. The molecule has 20 heavy (non-hydrogen) atoms. The summed E-state index contributed by atoms with van der Waals surface area (Å²) in [5.74, 6) is 1.83. The van der Waals surface area contributed by atoms with Crippen LogP contribution in [0.2, 0.25) is 0 Å². The first-order chi connectivity index (χ1) is 9.56. The van der Waals surface area contributed by atoms with Crippen molar-refractivity contribution in [1.82, 2.24) is 5.32 Å². The van der Waals surface area contributed by atoms with Crippen LogP contribution >= 0.6 is 22.6 Å². The molecule has 0 spiro atoms. The Hall–Kier alpha value is -1.07. The number of aryl methyl sites for hydroxylation is 1. The van der Waals surface area contributed by atoms with Crippen molar-refractivity contribution in [3.05, 3.63) is 57.2 Å². The smallest absolute Gasteiger partial charge is 0.140 e. The van der Waals surface area contributed by atoms with Crippen molar-refractivity contribution < 1.29 is 4.74 Å². The topological polar surface area (TPSA) is 21.3 Å². The number of ether oxygens (including phenoxy) is 1. The summed E-state index contributed by atoms with van der Waals surface area (Å²) in [6.45, 7) is 7.29. The number of nitrogens with one attached hydrogen (secondary N) is 1. The zero-order valence-corrected chi connectivity index (χ0v) is 14.3. The Bertz CT molecular complexity index is 581. The molecule has 2 aromatic carbocycles. The quantitative estimate of drug-likeness (QED) is 0.745. The van der Waals surface area contributed by atoms with E-state index in [1.807, 2.05) is 24.3 Å². The van der Waals surface area contributed by atoms with Crippen LogP contribution in [0.1, 0.15) is 25.0 Å². The van der Waals surface area contributed by atoms with Crippen LogP contribution in [0.3, 0.4) is 0 Å². The minimum absolute atomic E-state index is 0.497. The van der Waals surface area contributed by atoms with E-state index in [-0.39, 0.29) is 0 Å². The molecule has 106 valence electrons. The van der Waals surface area contributed by atoms with E-state index in [2.05, 4.69) is 66.9 Å². The van der Waals surface area contributed by atoms with Gasteiger partial charge in [0.05, 0.1) is 3.57 Å². The number of para-hydroxylation sites is 1. The van der Waals surface area contributed by atoms with Crippen molar-refractivity contribution in [2.45, 2.75) is 33.4 Å². The molecule has 1 N–H and O–H groups in total. The summed E-state index contributed by atoms with van der Waals surface area (Å²) in [6, 6.07) is 14.9. The van der Waals surface area contributed by atoms with E-state index in [9.17, 15) is 0 Å². The van der Waals surface area contributed by atoms with Gasteiger partial charge in [0, 0.05) is 12.6 Å². The third-order valence-electron chi connectivity index (χ3n) is 3.01. The minimum atomic E-state index is 0.497. The van der Waals surface area contributed by atoms with Crippen LogP contribution in [0.4, 0.5) is 0 Å².